The molecule has 1 aliphatic carbocycles. The van der Waals surface area contributed by atoms with E-state index in [0.717, 1.165) is 16.7 Å². The fourth-order valence-corrected chi connectivity index (χ4v) is 7.55. The number of piperidine rings is 1. The molecule has 1 aromatic rings. The van der Waals surface area contributed by atoms with E-state index in [9.17, 15) is 20.3 Å². The topological polar surface area (TPSA) is 134 Å². The van der Waals surface area contributed by atoms with Crippen LogP contribution in [0, 0.1) is 18.3 Å². The van der Waals surface area contributed by atoms with Gasteiger partial charge in [-0.15, -0.1) is 0 Å². The maximum atomic E-state index is 13.7. The van der Waals surface area contributed by atoms with Crippen LogP contribution in [-0.4, -0.2) is 97.0 Å². The summed E-state index contributed by atoms with van der Waals surface area (Å²) in [5.41, 5.74) is 1.40. The Kier molecular flexibility index (Phi) is 6.17. The first-order valence-electron chi connectivity index (χ1n) is 13.0. The van der Waals surface area contributed by atoms with Crippen molar-refractivity contribution in [3.8, 4) is 17.6 Å². The van der Waals surface area contributed by atoms with Gasteiger partial charge in [-0.05, 0) is 38.4 Å². The number of aliphatic hydroxyl groups is 2. The van der Waals surface area contributed by atoms with Gasteiger partial charge in [0, 0.05) is 42.3 Å². The third-order valence-electron chi connectivity index (χ3n) is 9.05. The van der Waals surface area contributed by atoms with Crippen molar-refractivity contribution >= 4 is 5.78 Å². The van der Waals surface area contributed by atoms with Gasteiger partial charge >= 0.3 is 0 Å². The first kappa shape index (κ1) is 26.1. The van der Waals surface area contributed by atoms with Gasteiger partial charge in [0.1, 0.15) is 6.04 Å². The quantitative estimate of drug-likeness (QED) is 0.521. The average molecular weight is 540 g/mol. The Balaban J connectivity index is 1.59. The third-order valence-corrected chi connectivity index (χ3v) is 9.05. The molecule has 11 nitrogen and oxygen atoms in total. The number of methoxy groups -OCH3 is 2. The van der Waals surface area contributed by atoms with Crippen molar-refractivity contribution in [2.75, 3.05) is 41.5 Å². The van der Waals surface area contributed by atoms with E-state index in [1.165, 1.54) is 0 Å². The van der Waals surface area contributed by atoms with Crippen molar-refractivity contribution in [2.45, 2.75) is 62.5 Å². The number of ketones is 1. The van der Waals surface area contributed by atoms with Gasteiger partial charge in [-0.2, -0.15) is 5.26 Å². The molecule has 6 atom stereocenters. The minimum absolute atomic E-state index is 0.00333. The summed E-state index contributed by atoms with van der Waals surface area (Å²) in [4.78, 5) is 17.9. The van der Waals surface area contributed by atoms with Crippen molar-refractivity contribution in [3.05, 3.63) is 45.4 Å². The molecule has 3 saturated heterocycles. The fraction of sp³-hybridized carbons (Fsp3) is 0.571. The van der Waals surface area contributed by atoms with Crippen LogP contribution in [0.1, 0.15) is 36.1 Å². The van der Waals surface area contributed by atoms with Gasteiger partial charge in [0.2, 0.25) is 6.79 Å². The highest BCUT2D eigenvalue weighted by molar-refractivity contribution is 6.06. The van der Waals surface area contributed by atoms with E-state index in [0.29, 0.717) is 23.7 Å². The first-order chi connectivity index (χ1) is 18.7. The maximum Gasteiger partial charge on any atom is 0.231 e. The zero-order valence-electron chi connectivity index (χ0n) is 22.7. The molecule has 0 amide bonds. The predicted octanol–water partition coefficient (Wildman–Crippen LogP) is 1.07. The number of Topliss-reactive ketones (excluding diaryl/α,β-unsaturated/α-hetero) is 1. The van der Waals surface area contributed by atoms with E-state index >= 15 is 0 Å². The number of nitrogens with zero attached hydrogens (tertiary/aromatic N) is 3. The van der Waals surface area contributed by atoms with Gasteiger partial charge in [0.15, 0.2) is 41.2 Å². The molecular formula is C28H33N3O8. The van der Waals surface area contributed by atoms with E-state index in [1.807, 2.05) is 18.9 Å². The number of fused-ring (bicyclic) bond motifs is 8. The minimum atomic E-state index is -1.93. The Labute approximate surface area is 226 Å². The number of carbonyl (C=O) groups is 1. The number of aliphatic hydroxyl groups excluding tert-OH is 1. The van der Waals surface area contributed by atoms with Gasteiger partial charge in [-0.1, -0.05) is 6.07 Å². The van der Waals surface area contributed by atoms with Crippen LogP contribution in [0.25, 0.3) is 0 Å². The molecule has 4 aliphatic heterocycles. The monoisotopic (exact) mass is 539 g/mol. The zero-order chi connectivity index (χ0) is 27.8. The number of aryl methyl sites for hydroxylation is 1. The number of hydrogen-bond donors (Lipinski definition) is 2. The van der Waals surface area contributed by atoms with Crippen molar-refractivity contribution in [2.24, 2.45) is 0 Å². The van der Waals surface area contributed by atoms with Crippen LogP contribution in [-0.2, 0) is 25.4 Å². The van der Waals surface area contributed by atoms with Crippen molar-refractivity contribution in [3.63, 3.8) is 0 Å². The number of hydrogen-bond acceptors (Lipinski definition) is 11. The van der Waals surface area contributed by atoms with Crippen LogP contribution < -0.4 is 9.47 Å². The SMILES string of the molecule is COCOc1c(OC)c(C)cc2c1[C@H]1C3CC4(O)C(=O)C(C)=C5OCOC5=C4[C@H](CO)N3[C@@H](C#N)[C@H](C2)N1C. The molecule has 2 unspecified atom stereocenters. The Bertz CT molecular complexity index is 1350. The number of benzene rings is 1. The Morgan fingerprint density at radius 2 is 1.95 bits per heavy atom. The molecule has 208 valence electrons. The molecule has 11 heteroatoms. The van der Waals surface area contributed by atoms with Gasteiger partial charge in [0.25, 0.3) is 0 Å². The van der Waals surface area contributed by atoms with Gasteiger partial charge in [0.05, 0.1) is 31.9 Å². The molecule has 39 heavy (non-hydrogen) atoms. The molecule has 0 spiro atoms. The molecule has 3 fully saturated rings. The predicted molar refractivity (Wildman–Crippen MR) is 135 cm³/mol. The Hall–Kier alpha value is -3.14. The number of likely N-dealkylation sites (N-methyl/N-ethyl adjacent to an activating group) is 1. The number of ether oxygens (including phenoxy) is 5. The van der Waals surface area contributed by atoms with E-state index in [4.69, 9.17) is 23.7 Å². The summed E-state index contributed by atoms with van der Waals surface area (Å²) in [6.45, 7) is 3.06. The van der Waals surface area contributed by atoms with Gasteiger partial charge < -0.3 is 33.9 Å². The Morgan fingerprint density at radius 3 is 2.62 bits per heavy atom. The standard InChI is InChI=1S/C28H33N3O8/c1-13-6-15-7-16-18(9-29)31-17(22(30(16)3)20(15)25(23(13)36-5)37-11-35-4)8-28(34)21(19(31)10-32)26-24(38-12-39-26)14(2)27(28)33/h6,16-19,22,32,34H,7-8,10-12H2,1-5H3/t16-,17?,18-,19-,22+,28?/m0/s1. The van der Waals surface area contributed by atoms with E-state index < -0.39 is 36.1 Å². The summed E-state index contributed by atoms with van der Waals surface area (Å²) in [6.07, 6.45) is 0.559. The van der Waals surface area contributed by atoms with Crippen LogP contribution >= 0.6 is 0 Å². The highest BCUT2D eigenvalue weighted by Gasteiger charge is 2.64. The highest BCUT2D eigenvalue weighted by Crippen LogP contribution is 2.56. The van der Waals surface area contributed by atoms with Crippen molar-refractivity contribution in [1.29, 1.82) is 5.26 Å². The number of nitriles is 1. The molecule has 0 saturated carbocycles. The molecular weight excluding hydrogens is 506 g/mol. The van der Waals surface area contributed by atoms with Crippen molar-refractivity contribution < 1.29 is 38.7 Å². The average Bonchev–Trinajstić information content (AvgIpc) is 3.40. The molecule has 2 N–H and O–H groups in total. The molecule has 5 aliphatic rings. The lowest BCUT2D eigenvalue weighted by Crippen LogP contribution is -2.74. The molecule has 4 heterocycles. The van der Waals surface area contributed by atoms with Crippen LogP contribution in [0.15, 0.2) is 28.7 Å². The number of carbonyl (C=O) groups excluding carboxylic acids is 1. The Morgan fingerprint density at radius 1 is 1.21 bits per heavy atom. The van der Waals surface area contributed by atoms with Gasteiger partial charge in [-0.3, -0.25) is 14.6 Å². The maximum absolute atomic E-state index is 13.7. The van der Waals surface area contributed by atoms with Gasteiger partial charge in [-0.25, -0.2) is 0 Å². The zero-order valence-corrected chi connectivity index (χ0v) is 22.7. The number of rotatable bonds is 5. The smallest absolute Gasteiger partial charge is 0.231 e. The first-order valence-corrected chi connectivity index (χ1v) is 13.0. The fourth-order valence-electron chi connectivity index (χ4n) is 7.55. The van der Waals surface area contributed by atoms with E-state index in [1.54, 1.807) is 21.1 Å². The number of piperazine rings is 1. The summed E-state index contributed by atoms with van der Waals surface area (Å²) in [6, 6.07) is 1.96. The second-order valence-corrected chi connectivity index (χ2v) is 10.8. The minimum Gasteiger partial charge on any atom is -0.493 e. The second-order valence-electron chi connectivity index (χ2n) is 10.8. The molecule has 1 aromatic carbocycles. The lowest BCUT2D eigenvalue weighted by Gasteiger charge is -2.62. The van der Waals surface area contributed by atoms with Crippen LogP contribution in [0.2, 0.25) is 0 Å². The summed E-state index contributed by atoms with van der Waals surface area (Å²) in [5.74, 6) is 1.22. The lowest BCUT2D eigenvalue weighted by molar-refractivity contribution is -0.150. The highest BCUT2D eigenvalue weighted by atomic mass is 16.7. The van der Waals surface area contributed by atoms with E-state index in [2.05, 4.69) is 17.0 Å². The molecule has 0 aromatic heterocycles. The summed E-state index contributed by atoms with van der Waals surface area (Å²) in [7, 11) is 5.09. The van der Waals surface area contributed by atoms with Crippen LogP contribution in [0.4, 0.5) is 0 Å². The normalized spacial score (nSPS) is 33.4. The largest absolute Gasteiger partial charge is 0.493 e. The summed E-state index contributed by atoms with van der Waals surface area (Å²) in [5, 5.41) is 33.5. The van der Waals surface area contributed by atoms with E-state index in [-0.39, 0.29) is 49.0 Å². The van der Waals surface area contributed by atoms with Crippen LogP contribution in [0.3, 0.4) is 0 Å². The lowest BCUT2D eigenvalue weighted by atomic mass is 9.65. The molecule has 6 rings (SSSR count). The summed E-state index contributed by atoms with van der Waals surface area (Å²) >= 11 is 0. The molecule has 2 bridgehead atoms. The van der Waals surface area contributed by atoms with Crippen molar-refractivity contribution in [1.82, 2.24) is 9.80 Å². The molecule has 0 radical (unpaired) electrons. The van der Waals surface area contributed by atoms with Crippen LogP contribution in [0.5, 0.6) is 11.5 Å². The second kappa shape index (κ2) is 9.21. The third kappa shape index (κ3) is 3.36. The summed E-state index contributed by atoms with van der Waals surface area (Å²) < 4.78 is 28.5.